The van der Waals surface area contributed by atoms with Crippen molar-refractivity contribution in [1.82, 2.24) is 16.0 Å². The first-order valence-electron chi connectivity index (χ1n) is 10.4. The van der Waals surface area contributed by atoms with Crippen molar-refractivity contribution in [2.24, 2.45) is 22.2 Å². The summed E-state index contributed by atoms with van der Waals surface area (Å²) in [6.07, 6.45) is 0.481. The van der Waals surface area contributed by atoms with Gasteiger partial charge in [0.1, 0.15) is 12.1 Å². The first-order chi connectivity index (χ1) is 16.5. The van der Waals surface area contributed by atoms with Gasteiger partial charge in [-0.3, -0.25) is 34.3 Å². The van der Waals surface area contributed by atoms with Crippen LogP contribution in [0, 0.1) is 13.7 Å². The van der Waals surface area contributed by atoms with E-state index in [1.165, 1.54) is 6.07 Å². The molecule has 0 fully saturated rings. The topological polar surface area (TPSA) is 250 Å². The number of fused-ring (bicyclic) bond motifs is 1. The number of carbonyl (C=O) groups is 4. The zero-order valence-electron chi connectivity index (χ0n) is 18.5. The van der Waals surface area contributed by atoms with Gasteiger partial charge in [0.2, 0.25) is 17.7 Å². The summed E-state index contributed by atoms with van der Waals surface area (Å²) < 4.78 is 0.363. The maximum absolute atomic E-state index is 13.2. The van der Waals surface area contributed by atoms with Crippen LogP contribution in [0.4, 0.5) is 11.4 Å². The molecule has 0 radical (unpaired) electrons. The Morgan fingerprint density at radius 1 is 1.17 bits per heavy atom. The smallest absolute Gasteiger partial charge is 0.271 e. The molecular formula is C19H26IN9O6. The van der Waals surface area contributed by atoms with Crippen LogP contribution < -0.4 is 38.5 Å². The normalized spacial score (nSPS) is 19.1. The summed E-state index contributed by atoms with van der Waals surface area (Å²) in [5.41, 5.74) is 15.8. The quantitative estimate of drug-likeness (QED) is 0.0486. The van der Waals surface area contributed by atoms with E-state index in [0.29, 0.717) is 9.99 Å². The predicted molar refractivity (Wildman–Crippen MR) is 134 cm³/mol. The van der Waals surface area contributed by atoms with Crippen LogP contribution in [0.25, 0.3) is 0 Å². The van der Waals surface area contributed by atoms with Gasteiger partial charge in [-0.05, 0) is 41.9 Å². The fourth-order valence-corrected chi connectivity index (χ4v) is 4.03. The minimum atomic E-state index is -1.11. The maximum Gasteiger partial charge on any atom is 0.271 e. The number of nitrogens with zero attached hydrogens (tertiary/aromatic N) is 2. The number of aliphatic imine (C=N–C) groups is 1. The number of anilines is 1. The number of nitrogens with two attached hydrogens (primary N) is 3. The molecule has 0 bridgehead atoms. The molecule has 4 amide bonds. The number of amides is 4. The molecule has 1 aliphatic rings. The van der Waals surface area contributed by atoms with E-state index in [1.807, 2.05) is 22.6 Å². The van der Waals surface area contributed by atoms with Crippen molar-refractivity contribution in [3.63, 3.8) is 0 Å². The number of carbonyl (C=O) groups excluding carboxylic acids is 4. The lowest BCUT2D eigenvalue weighted by molar-refractivity contribution is -0.384. The number of rotatable bonds is 6. The molecule has 10 N–H and O–H groups in total. The van der Waals surface area contributed by atoms with Crippen molar-refractivity contribution in [3.8, 4) is 0 Å². The molecule has 0 aliphatic carbocycles. The van der Waals surface area contributed by atoms with Crippen LogP contribution in [-0.2, 0) is 14.4 Å². The molecule has 190 valence electrons. The Morgan fingerprint density at radius 2 is 1.89 bits per heavy atom. The Morgan fingerprint density at radius 3 is 2.51 bits per heavy atom. The zero-order chi connectivity index (χ0) is 26.1. The van der Waals surface area contributed by atoms with E-state index in [0.717, 1.165) is 6.07 Å². The van der Waals surface area contributed by atoms with Gasteiger partial charge in [-0.15, -0.1) is 0 Å². The van der Waals surface area contributed by atoms with Crippen LogP contribution in [0.1, 0.15) is 29.6 Å². The minimum absolute atomic E-state index is 0.0660. The highest BCUT2D eigenvalue weighted by Crippen LogP contribution is 2.29. The van der Waals surface area contributed by atoms with Crippen LogP contribution in [-0.4, -0.2) is 66.2 Å². The van der Waals surface area contributed by atoms with E-state index < -0.39 is 47.2 Å². The van der Waals surface area contributed by atoms with Gasteiger partial charge in [0, 0.05) is 28.8 Å². The Bertz CT molecular complexity index is 1040. The molecule has 0 saturated carbocycles. The van der Waals surface area contributed by atoms with Crippen molar-refractivity contribution < 1.29 is 24.1 Å². The molecule has 2 atom stereocenters. The molecule has 2 unspecified atom stereocenters. The molecular weight excluding hydrogens is 577 g/mol. The summed E-state index contributed by atoms with van der Waals surface area (Å²) in [7, 11) is 0. The van der Waals surface area contributed by atoms with Crippen molar-refractivity contribution in [2.75, 3.05) is 25.0 Å². The number of nitro groups is 1. The highest BCUT2D eigenvalue weighted by Gasteiger charge is 2.27. The average Bonchev–Trinajstić information content (AvgIpc) is 2.78. The summed E-state index contributed by atoms with van der Waals surface area (Å²) in [6.45, 7) is -0.170. The largest absolute Gasteiger partial charge is 0.383 e. The molecule has 0 aromatic heterocycles. The maximum atomic E-state index is 13.2. The van der Waals surface area contributed by atoms with Gasteiger partial charge in [-0.1, -0.05) is 0 Å². The van der Waals surface area contributed by atoms with Crippen LogP contribution in [0.5, 0.6) is 0 Å². The number of benzene rings is 1. The van der Waals surface area contributed by atoms with E-state index in [-0.39, 0.29) is 48.8 Å². The molecule has 1 aromatic carbocycles. The van der Waals surface area contributed by atoms with E-state index >= 15 is 0 Å². The Labute approximate surface area is 213 Å². The molecule has 2 rings (SSSR count). The Hall–Kier alpha value is -3.70. The number of hydrogen-bond donors (Lipinski definition) is 7. The lowest BCUT2D eigenvalue weighted by Gasteiger charge is -2.22. The predicted octanol–water partition coefficient (Wildman–Crippen LogP) is -1.75. The average molecular weight is 603 g/mol. The SMILES string of the molecule is NC(=O)C1CCNc2c(I)cc([N+](=O)[O-])cc2C(=O)NC(CCCN=C(N)N)C(=O)NCC(=O)N1. The number of nitro benzene ring substituents is 1. The van der Waals surface area contributed by atoms with Gasteiger partial charge in [-0.2, -0.15) is 0 Å². The lowest BCUT2D eigenvalue weighted by Crippen LogP contribution is -2.52. The second-order valence-corrected chi connectivity index (χ2v) is 8.70. The van der Waals surface area contributed by atoms with Crippen molar-refractivity contribution in [2.45, 2.75) is 31.3 Å². The summed E-state index contributed by atoms with van der Waals surface area (Å²) >= 11 is 1.83. The number of guanidine groups is 1. The summed E-state index contributed by atoms with van der Waals surface area (Å²) in [5, 5.41) is 21.8. The van der Waals surface area contributed by atoms with E-state index in [9.17, 15) is 29.3 Å². The second kappa shape index (κ2) is 12.7. The van der Waals surface area contributed by atoms with Crippen LogP contribution >= 0.6 is 22.6 Å². The number of hydrogen-bond acceptors (Lipinski definition) is 8. The first-order valence-corrected chi connectivity index (χ1v) is 11.5. The molecule has 1 heterocycles. The third-order valence-electron chi connectivity index (χ3n) is 4.93. The molecule has 16 heteroatoms. The van der Waals surface area contributed by atoms with Crippen LogP contribution in [0.3, 0.4) is 0 Å². The molecule has 1 aromatic rings. The lowest BCUT2D eigenvalue weighted by atomic mass is 10.1. The standard InChI is InChI=1S/C19H26IN9O6/c20-11-7-9(29(34)35)6-10-15(11)24-5-3-12(16(21)31)27-14(30)8-26-18(33)13(28-17(10)32)2-1-4-25-19(22)23/h6-7,12-13,24H,1-5,8H2,(H2,21,31)(H,26,33)(H,27,30)(H,28,32)(H4,22,23,25). The molecule has 15 nitrogen and oxygen atoms in total. The van der Waals surface area contributed by atoms with Gasteiger partial charge in [-0.25, -0.2) is 0 Å². The zero-order valence-corrected chi connectivity index (χ0v) is 20.7. The van der Waals surface area contributed by atoms with Crippen molar-refractivity contribution >= 4 is 63.6 Å². The first kappa shape index (κ1) is 27.5. The number of nitrogens with one attached hydrogen (secondary N) is 4. The Balaban J connectivity index is 2.43. The molecule has 0 saturated heterocycles. The number of non-ortho nitro benzene ring substituents is 1. The second-order valence-electron chi connectivity index (χ2n) is 7.54. The van der Waals surface area contributed by atoms with Crippen molar-refractivity contribution in [1.29, 1.82) is 0 Å². The molecule has 1 aliphatic heterocycles. The number of halogens is 1. The fourth-order valence-electron chi connectivity index (χ4n) is 3.23. The third kappa shape index (κ3) is 8.23. The highest BCUT2D eigenvalue weighted by atomic mass is 127. The highest BCUT2D eigenvalue weighted by molar-refractivity contribution is 14.1. The Kier molecular flexibility index (Phi) is 9.98. The van der Waals surface area contributed by atoms with Gasteiger partial charge in [0.05, 0.1) is 22.7 Å². The van der Waals surface area contributed by atoms with E-state index in [4.69, 9.17) is 17.2 Å². The van der Waals surface area contributed by atoms with Gasteiger partial charge in [0.25, 0.3) is 11.6 Å². The summed E-state index contributed by atoms with van der Waals surface area (Å²) in [5.74, 6) is -2.99. The number of primary amides is 1. The monoisotopic (exact) mass is 603 g/mol. The van der Waals surface area contributed by atoms with Gasteiger partial charge in [0.15, 0.2) is 5.96 Å². The van der Waals surface area contributed by atoms with E-state index in [2.05, 4.69) is 26.3 Å². The summed E-state index contributed by atoms with van der Waals surface area (Å²) in [6, 6.07) is 0.213. The van der Waals surface area contributed by atoms with Gasteiger partial charge >= 0.3 is 0 Å². The third-order valence-corrected chi connectivity index (χ3v) is 5.78. The summed E-state index contributed by atoms with van der Waals surface area (Å²) in [4.78, 5) is 64.5. The molecule has 0 spiro atoms. The van der Waals surface area contributed by atoms with Crippen LogP contribution in [0.15, 0.2) is 17.1 Å². The van der Waals surface area contributed by atoms with E-state index in [1.54, 1.807) is 0 Å². The fraction of sp³-hybridized carbons (Fsp3) is 0.421. The van der Waals surface area contributed by atoms with Gasteiger partial charge < -0.3 is 38.5 Å². The minimum Gasteiger partial charge on any atom is -0.383 e. The van der Waals surface area contributed by atoms with Crippen molar-refractivity contribution in [3.05, 3.63) is 31.4 Å². The molecule has 35 heavy (non-hydrogen) atoms. The van der Waals surface area contributed by atoms with Crippen LogP contribution in [0.2, 0.25) is 0 Å².